The molecule has 0 aliphatic carbocycles. The van der Waals surface area contributed by atoms with Gasteiger partial charge in [-0.25, -0.2) is 9.59 Å². The van der Waals surface area contributed by atoms with E-state index in [1.54, 1.807) is 20.8 Å². The van der Waals surface area contributed by atoms with E-state index in [-0.39, 0.29) is 60.6 Å². The van der Waals surface area contributed by atoms with Crippen molar-refractivity contribution in [2.75, 3.05) is 52.7 Å². The molecule has 3 aromatic rings. The van der Waals surface area contributed by atoms with Crippen LogP contribution in [0.5, 0.6) is 0 Å². The minimum atomic E-state index is -8.71. The summed E-state index contributed by atoms with van der Waals surface area (Å²) in [7, 11) is 0. The maximum Gasteiger partial charge on any atom is 0.460 e. The normalized spacial score (nSPS) is 13.8. The molecule has 0 aliphatic rings. The van der Waals surface area contributed by atoms with Crippen LogP contribution in [0.25, 0.3) is 22.2 Å². The minimum absolute atomic E-state index is 0.0753. The number of amides is 2. The second-order valence-corrected chi connectivity index (χ2v) is 15.9. The Bertz CT molecular complexity index is 2230. The number of alkyl halides is 17. The van der Waals surface area contributed by atoms with Crippen molar-refractivity contribution in [3.8, 4) is 11.3 Å². The van der Waals surface area contributed by atoms with Crippen molar-refractivity contribution in [3.63, 3.8) is 0 Å². The summed E-state index contributed by atoms with van der Waals surface area (Å²) in [4.78, 5) is 36.5. The van der Waals surface area contributed by atoms with Crippen LogP contribution in [0.2, 0.25) is 0 Å². The molecule has 0 aliphatic heterocycles. The lowest BCUT2D eigenvalue weighted by molar-refractivity contribution is -0.461. The zero-order valence-corrected chi connectivity index (χ0v) is 36.3. The van der Waals surface area contributed by atoms with Crippen LogP contribution in [0.4, 0.5) is 79.4 Å². The third kappa shape index (κ3) is 13.9. The molecule has 0 spiro atoms. The fraction of sp³-hybridized carbons (Fsp3) is 0.667. The van der Waals surface area contributed by atoms with Crippen molar-refractivity contribution in [2.24, 2.45) is 0 Å². The van der Waals surface area contributed by atoms with Crippen molar-refractivity contribution >= 4 is 23.0 Å². The van der Waals surface area contributed by atoms with E-state index in [4.69, 9.17) is 23.4 Å². The molecule has 2 heterocycles. The van der Waals surface area contributed by atoms with Crippen LogP contribution in [-0.4, -0.2) is 133 Å². The van der Waals surface area contributed by atoms with Crippen molar-refractivity contribution in [3.05, 3.63) is 46.4 Å². The van der Waals surface area contributed by atoms with E-state index >= 15 is 0 Å². The average Bonchev–Trinajstić information content (AvgIpc) is 3.69. The number of ether oxygens (including phenoxy) is 4. The highest BCUT2D eigenvalue weighted by atomic mass is 19.4. The van der Waals surface area contributed by atoms with Crippen LogP contribution in [0.1, 0.15) is 52.0 Å². The highest BCUT2D eigenvalue weighted by molar-refractivity contribution is 5.89. The van der Waals surface area contributed by atoms with E-state index < -0.39 is 90.2 Å². The number of carbonyl (C=O) groups excluding carboxylic acids is 2. The van der Waals surface area contributed by atoms with Crippen LogP contribution in [0, 0.1) is 0 Å². The van der Waals surface area contributed by atoms with Gasteiger partial charge in [-0.3, -0.25) is 9.48 Å². The number of carbonyl (C=O) groups is 2. The molecule has 0 unspecified atom stereocenters. The summed E-state index contributed by atoms with van der Waals surface area (Å²) in [6.07, 6.45) is -10.9. The summed E-state index contributed by atoms with van der Waals surface area (Å²) >= 11 is 0. The van der Waals surface area contributed by atoms with Crippen LogP contribution in [0.15, 0.2) is 39.7 Å². The number of halogens is 17. The molecule has 0 radical (unpaired) electrons. The molecule has 2 N–H and O–H groups in total. The Balaban J connectivity index is 1.48. The van der Waals surface area contributed by atoms with E-state index in [1.807, 2.05) is 0 Å². The lowest BCUT2D eigenvalue weighted by Gasteiger charge is -2.42. The number of nitrogens with one attached hydrogen (secondary N) is 2. The second-order valence-electron chi connectivity index (χ2n) is 15.9. The SMILES string of the molecule is CC(C)(C)OC(=O)NCCCOCCOCCOCCCNC(=O)Cc1cc(=O)oc2cc(-c3cn(CCCC(F)(F)C(F)(F)C(F)(F)C(F)(F)C(F)(F)C(F)(F)C(F)(F)C(F)(F)F)nn3)ccc12. The number of fused-ring (bicyclic) bond motifs is 1. The first-order valence-corrected chi connectivity index (χ1v) is 20.2. The molecule has 0 atom stereocenters. The lowest BCUT2D eigenvalue weighted by atomic mass is 9.88. The Labute approximate surface area is 379 Å². The highest BCUT2D eigenvalue weighted by Gasteiger charge is 2.95. The van der Waals surface area contributed by atoms with Gasteiger partial charge in [0.25, 0.3) is 0 Å². The van der Waals surface area contributed by atoms with Crippen molar-refractivity contribution in [1.29, 1.82) is 0 Å². The van der Waals surface area contributed by atoms with Gasteiger partial charge in [0.1, 0.15) is 16.9 Å². The van der Waals surface area contributed by atoms with E-state index in [2.05, 4.69) is 20.9 Å². The average molecular weight is 1030 g/mol. The van der Waals surface area contributed by atoms with Gasteiger partial charge in [0.2, 0.25) is 5.91 Å². The molecule has 69 heavy (non-hydrogen) atoms. The molecule has 30 heteroatoms. The standard InChI is InChI=1S/C39H44F17N5O8/c1-31(2,3)69-30(64)58-11-6-14-66-16-18-67-17-15-65-13-5-10-57-28(62)20-24-21-29(63)68-27-19-23(7-8-25(24)27)26-22-61(60-59-26)12-4-9-32(40,41)33(42,43)34(44,45)35(46,47)36(48,49)37(50,51)38(52,53)39(54,55)56/h7-8,19,21-22H,4-6,9-18,20H2,1-3H3,(H,57,62)(H,58,64). The van der Waals surface area contributed by atoms with Crippen molar-refractivity contribution in [1.82, 2.24) is 25.6 Å². The quantitative estimate of drug-likeness (QED) is 0.0430. The van der Waals surface area contributed by atoms with Gasteiger partial charge in [-0.2, -0.15) is 74.6 Å². The van der Waals surface area contributed by atoms with Crippen LogP contribution >= 0.6 is 0 Å². The number of hydrogen-bond acceptors (Lipinski definition) is 10. The predicted octanol–water partition coefficient (Wildman–Crippen LogP) is 8.85. The van der Waals surface area contributed by atoms with Gasteiger partial charge in [-0.05, 0) is 51.7 Å². The summed E-state index contributed by atoms with van der Waals surface area (Å²) in [6.45, 7) is 6.65. The Morgan fingerprint density at radius 3 is 1.70 bits per heavy atom. The maximum atomic E-state index is 14.4. The maximum absolute atomic E-state index is 14.4. The van der Waals surface area contributed by atoms with Gasteiger partial charge >= 0.3 is 59.4 Å². The number of benzene rings is 1. The largest absolute Gasteiger partial charge is 0.460 e. The van der Waals surface area contributed by atoms with Gasteiger partial charge in [0, 0.05) is 56.3 Å². The molecule has 0 fully saturated rings. The fourth-order valence-electron chi connectivity index (χ4n) is 5.75. The first-order valence-electron chi connectivity index (χ1n) is 20.2. The first kappa shape index (κ1) is 58.3. The van der Waals surface area contributed by atoms with E-state index in [9.17, 15) is 89.0 Å². The fourth-order valence-corrected chi connectivity index (χ4v) is 5.75. The number of nitrogens with zero attached hydrogens (tertiary/aromatic N) is 3. The van der Waals surface area contributed by atoms with Gasteiger partial charge in [-0.1, -0.05) is 17.3 Å². The summed E-state index contributed by atoms with van der Waals surface area (Å²) < 4.78 is 258. The molecule has 2 aromatic heterocycles. The topological polar surface area (TPSA) is 156 Å². The predicted molar refractivity (Wildman–Crippen MR) is 204 cm³/mol. The minimum Gasteiger partial charge on any atom is -0.444 e. The number of aryl methyl sites for hydroxylation is 1. The molecular formula is C39H44F17N5O8. The van der Waals surface area contributed by atoms with Gasteiger partial charge in [0.05, 0.1) is 39.0 Å². The van der Waals surface area contributed by atoms with Crippen molar-refractivity contribution in [2.45, 2.75) is 113 Å². The Kier molecular flexibility index (Phi) is 18.9. The number of alkyl carbamates (subject to hydrolysis) is 1. The summed E-state index contributed by atoms with van der Waals surface area (Å²) in [5, 5.41) is 12.6. The number of hydrogen-bond donors (Lipinski definition) is 2. The summed E-state index contributed by atoms with van der Waals surface area (Å²) in [5.41, 5.74) is -1.49. The van der Waals surface area contributed by atoms with Gasteiger partial charge in [-0.15, -0.1) is 5.10 Å². The first-order chi connectivity index (χ1) is 31.5. The second kappa shape index (κ2) is 22.4. The van der Waals surface area contributed by atoms with E-state index in [0.717, 1.165) is 12.3 Å². The molecule has 2 amide bonds. The summed E-state index contributed by atoms with van der Waals surface area (Å²) in [6, 6.07) is 4.95. The van der Waals surface area contributed by atoms with E-state index in [1.165, 1.54) is 18.2 Å². The summed E-state index contributed by atoms with van der Waals surface area (Å²) in [5.74, 6) is -57.4. The Hall–Kier alpha value is -5.00. The molecule has 13 nitrogen and oxygen atoms in total. The van der Waals surface area contributed by atoms with E-state index in [0.29, 0.717) is 43.9 Å². The molecule has 0 saturated carbocycles. The Morgan fingerprint density at radius 1 is 0.652 bits per heavy atom. The Morgan fingerprint density at radius 2 is 1.16 bits per heavy atom. The van der Waals surface area contributed by atoms with Crippen LogP contribution in [0.3, 0.4) is 0 Å². The molecule has 0 saturated heterocycles. The lowest BCUT2D eigenvalue weighted by Crippen LogP contribution is -2.74. The van der Waals surface area contributed by atoms with Gasteiger partial charge in [0.15, 0.2) is 0 Å². The molecule has 3 rings (SSSR count). The third-order valence-corrected chi connectivity index (χ3v) is 9.35. The zero-order chi connectivity index (χ0) is 52.5. The zero-order valence-electron chi connectivity index (χ0n) is 36.3. The molecular weight excluding hydrogens is 989 g/mol. The number of rotatable bonds is 27. The smallest absolute Gasteiger partial charge is 0.444 e. The highest BCUT2D eigenvalue weighted by Crippen LogP contribution is 2.64. The van der Waals surface area contributed by atoms with Crippen LogP contribution < -0.4 is 16.3 Å². The van der Waals surface area contributed by atoms with Crippen molar-refractivity contribution < 1.29 is 108 Å². The number of aromatic nitrogens is 3. The van der Waals surface area contributed by atoms with Gasteiger partial charge < -0.3 is 34.0 Å². The van der Waals surface area contributed by atoms with Crippen LogP contribution in [-0.2, 0) is 36.7 Å². The molecule has 0 bridgehead atoms. The monoisotopic (exact) mass is 1030 g/mol. The third-order valence-electron chi connectivity index (χ3n) is 9.35. The molecule has 1 aromatic carbocycles. The molecule has 392 valence electrons.